The number of likely N-dealkylation sites (tertiary alicyclic amines) is 1. The molecule has 0 atom stereocenters. The van der Waals surface area contributed by atoms with Gasteiger partial charge >= 0.3 is 0 Å². The number of amides is 1. The molecule has 2 aromatic carbocycles. The molecular weight excluding hydrogens is 414 g/mol. The molecule has 0 spiro atoms. The number of sulfonamides is 1. The Morgan fingerprint density at radius 1 is 1.06 bits per heavy atom. The maximum Gasteiger partial charge on any atom is 0.241 e. The van der Waals surface area contributed by atoms with Gasteiger partial charge in [-0.1, -0.05) is 42.8 Å². The molecule has 1 aliphatic heterocycles. The van der Waals surface area contributed by atoms with Crippen molar-refractivity contribution in [2.24, 2.45) is 0 Å². The Morgan fingerprint density at radius 2 is 1.77 bits per heavy atom. The quantitative estimate of drug-likeness (QED) is 0.642. The lowest BCUT2D eigenvalue weighted by Gasteiger charge is -2.26. The highest BCUT2D eigenvalue weighted by Gasteiger charge is 2.23. The van der Waals surface area contributed by atoms with E-state index in [1.807, 2.05) is 12.1 Å². The fraction of sp³-hybridized carbons (Fsp3) is 0.435. The molecular formula is C23H31N3O4S. The van der Waals surface area contributed by atoms with Crippen molar-refractivity contribution < 1.29 is 17.9 Å². The minimum absolute atomic E-state index is 0.313. The smallest absolute Gasteiger partial charge is 0.241 e. The fourth-order valence-electron chi connectivity index (χ4n) is 3.82. The van der Waals surface area contributed by atoms with Crippen molar-refractivity contribution in [1.82, 2.24) is 10.2 Å². The first-order chi connectivity index (χ1) is 14.9. The van der Waals surface area contributed by atoms with Gasteiger partial charge in [-0.3, -0.25) is 14.0 Å². The molecule has 1 saturated heterocycles. The van der Waals surface area contributed by atoms with E-state index < -0.39 is 10.0 Å². The highest BCUT2D eigenvalue weighted by Crippen LogP contribution is 2.29. The second-order valence-electron chi connectivity index (χ2n) is 7.87. The Kier molecular flexibility index (Phi) is 7.92. The third-order valence-corrected chi connectivity index (χ3v) is 6.50. The van der Waals surface area contributed by atoms with E-state index in [1.165, 1.54) is 31.9 Å². The van der Waals surface area contributed by atoms with Crippen molar-refractivity contribution in [3.05, 3.63) is 59.7 Å². The van der Waals surface area contributed by atoms with Crippen LogP contribution in [0, 0.1) is 0 Å². The van der Waals surface area contributed by atoms with Crippen molar-refractivity contribution in [2.45, 2.75) is 32.4 Å². The molecule has 0 aromatic heterocycles. The molecule has 1 aliphatic rings. The Morgan fingerprint density at radius 3 is 2.48 bits per heavy atom. The molecule has 7 nitrogen and oxygen atoms in total. The molecule has 0 bridgehead atoms. The van der Waals surface area contributed by atoms with Crippen LogP contribution in [0.5, 0.6) is 5.75 Å². The largest absolute Gasteiger partial charge is 0.495 e. The number of methoxy groups -OCH3 is 1. The summed E-state index contributed by atoms with van der Waals surface area (Å²) in [6.07, 6.45) is 4.89. The third kappa shape index (κ3) is 6.70. The fourth-order valence-corrected chi connectivity index (χ4v) is 4.68. The zero-order chi connectivity index (χ0) is 22.3. The van der Waals surface area contributed by atoms with Crippen LogP contribution in [-0.4, -0.2) is 52.2 Å². The Bertz CT molecular complexity index is 988. The molecule has 1 N–H and O–H groups in total. The molecule has 2 aromatic rings. The predicted octanol–water partition coefficient (Wildman–Crippen LogP) is 2.76. The first-order valence-electron chi connectivity index (χ1n) is 10.5. The molecule has 1 amide bonds. The van der Waals surface area contributed by atoms with Crippen molar-refractivity contribution in [3.63, 3.8) is 0 Å². The first kappa shape index (κ1) is 23.1. The van der Waals surface area contributed by atoms with Crippen molar-refractivity contribution >= 4 is 21.6 Å². The summed E-state index contributed by atoms with van der Waals surface area (Å²) in [6, 6.07) is 14.9. The van der Waals surface area contributed by atoms with E-state index in [0.717, 1.165) is 35.8 Å². The number of hydrogen-bond acceptors (Lipinski definition) is 5. The standard InChI is InChI=1S/C23H31N3O4S/c1-30-22-12-5-4-11-21(22)26(31(2,28)29)18-23(27)24-16-19-9-8-10-20(15-19)17-25-13-6-3-7-14-25/h4-5,8-12,15H,3,6-7,13-14,16-18H2,1-2H3,(H,24,27). The molecule has 3 rings (SSSR count). The first-order valence-corrected chi connectivity index (χ1v) is 12.4. The number of hydrogen-bond donors (Lipinski definition) is 1. The van der Waals surface area contributed by atoms with Gasteiger partial charge in [0.2, 0.25) is 15.9 Å². The lowest BCUT2D eigenvalue weighted by atomic mass is 10.1. The Balaban J connectivity index is 1.62. The number of nitrogens with zero attached hydrogens (tertiary/aromatic N) is 2. The van der Waals surface area contributed by atoms with Crippen LogP contribution in [0.1, 0.15) is 30.4 Å². The summed E-state index contributed by atoms with van der Waals surface area (Å²) >= 11 is 0. The normalized spacial score (nSPS) is 14.8. The van der Waals surface area contributed by atoms with Crippen molar-refractivity contribution in [3.8, 4) is 5.75 Å². The topological polar surface area (TPSA) is 79.0 Å². The van der Waals surface area contributed by atoms with Crippen LogP contribution >= 0.6 is 0 Å². The maximum atomic E-state index is 12.6. The summed E-state index contributed by atoms with van der Waals surface area (Å²) in [4.78, 5) is 15.0. The zero-order valence-corrected chi connectivity index (χ0v) is 19.0. The molecule has 1 heterocycles. The van der Waals surface area contributed by atoms with Crippen LogP contribution in [-0.2, 0) is 27.9 Å². The molecule has 1 fully saturated rings. The van der Waals surface area contributed by atoms with E-state index in [1.54, 1.807) is 24.3 Å². The van der Waals surface area contributed by atoms with Gasteiger partial charge in [-0.05, 0) is 49.2 Å². The summed E-state index contributed by atoms with van der Waals surface area (Å²) in [5.74, 6) is 0.0175. The van der Waals surface area contributed by atoms with Gasteiger partial charge in [0.05, 0.1) is 19.1 Å². The maximum absolute atomic E-state index is 12.6. The molecule has 0 saturated carbocycles. The van der Waals surface area contributed by atoms with Crippen LogP contribution in [0.4, 0.5) is 5.69 Å². The SMILES string of the molecule is COc1ccccc1N(CC(=O)NCc1cccc(CN2CCCCC2)c1)S(C)(=O)=O. The molecule has 168 valence electrons. The van der Waals surface area contributed by atoms with Crippen molar-refractivity contribution in [1.29, 1.82) is 0 Å². The van der Waals surface area contributed by atoms with Gasteiger partial charge in [-0.2, -0.15) is 0 Å². The number of para-hydroxylation sites is 2. The summed E-state index contributed by atoms with van der Waals surface area (Å²) in [5, 5.41) is 2.84. The summed E-state index contributed by atoms with van der Waals surface area (Å²) in [7, 11) is -2.20. The number of carbonyl (C=O) groups is 1. The van der Waals surface area contributed by atoms with Gasteiger partial charge in [-0.15, -0.1) is 0 Å². The zero-order valence-electron chi connectivity index (χ0n) is 18.2. The highest BCUT2D eigenvalue weighted by molar-refractivity contribution is 7.92. The van der Waals surface area contributed by atoms with Gasteiger partial charge in [0.25, 0.3) is 0 Å². The van der Waals surface area contributed by atoms with E-state index >= 15 is 0 Å². The Labute approximate surface area is 185 Å². The van der Waals surface area contributed by atoms with E-state index in [4.69, 9.17) is 4.74 Å². The number of rotatable bonds is 9. The van der Waals surface area contributed by atoms with E-state index in [2.05, 4.69) is 22.3 Å². The summed E-state index contributed by atoms with van der Waals surface area (Å²) < 4.78 is 31.0. The van der Waals surface area contributed by atoms with Gasteiger partial charge in [0.15, 0.2) is 0 Å². The van der Waals surface area contributed by atoms with E-state index in [9.17, 15) is 13.2 Å². The second kappa shape index (κ2) is 10.6. The summed E-state index contributed by atoms with van der Waals surface area (Å²) in [6.45, 7) is 3.21. The molecule has 0 radical (unpaired) electrons. The Hall–Kier alpha value is -2.58. The van der Waals surface area contributed by atoms with Crippen LogP contribution in [0.2, 0.25) is 0 Å². The number of ether oxygens (including phenoxy) is 1. The second-order valence-corrected chi connectivity index (χ2v) is 9.78. The lowest BCUT2D eigenvalue weighted by Crippen LogP contribution is -2.40. The van der Waals surface area contributed by atoms with Gasteiger partial charge in [-0.25, -0.2) is 8.42 Å². The molecule has 0 unspecified atom stereocenters. The molecule has 0 aliphatic carbocycles. The minimum Gasteiger partial charge on any atom is -0.495 e. The van der Waals surface area contributed by atoms with Crippen LogP contribution < -0.4 is 14.4 Å². The van der Waals surface area contributed by atoms with E-state index in [-0.39, 0.29) is 12.5 Å². The number of benzene rings is 2. The lowest BCUT2D eigenvalue weighted by molar-refractivity contribution is -0.119. The number of nitrogens with one attached hydrogen (secondary N) is 1. The van der Waals surface area contributed by atoms with Crippen molar-refractivity contribution in [2.75, 3.05) is 37.3 Å². The average molecular weight is 446 g/mol. The van der Waals surface area contributed by atoms with E-state index in [0.29, 0.717) is 18.0 Å². The van der Waals surface area contributed by atoms with Gasteiger partial charge in [0, 0.05) is 13.1 Å². The average Bonchev–Trinajstić information content (AvgIpc) is 2.76. The predicted molar refractivity (Wildman–Crippen MR) is 123 cm³/mol. The number of anilines is 1. The third-order valence-electron chi connectivity index (χ3n) is 5.38. The minimum atomic E-state index is -3.66. The van der Waals surface area contributed by atoms with Crippen LogP contribution in [0.15, 0.2) is 48.5 Å². The van der Waals surface area contributed by atoms with Crippen LogP contribution in [0.25, 0.3) is 0 Å². The van der Waals surface area contributed by atoms with Gasteiger partial charge < -0.3 is 10.1 Å². The molecule has 31 heavy (non-hydrogen) atoms. The molecule has 8 heteroatoms. The monoisotopic (exact) mass is 445 g/mol. The van der Waals surface area contributed by atoms with Crippen LogP contribution in [0.3, 0.4) is 0 Å². The number of carbonyl (C=O) groups excluding carboxylic acids is 1. The number of piperidine rings is 1. The highest BCUT2D eigenvalue weighted by atomic mass is 32.2. The van der Waals surface area contributed by atoms with Gasteiger partial charge in [0.1, 0.15) is 12.3 Å². The summed E-state index contributed by atoms with van der Waals surface area (Å²) in [5.41, 5.74) is 2.55.